The van der Waals surface area contributed by atoms with Crippen molar-refractivity contribution in [3.63, 3.8) is 0 Å². The van der Waals surface area contributed by atoms with Crippen molar-refractivity contribution in [1.82, 2.24) is 4.90 Å². The molecule has 2 unspecified atom stereocenters. The van der Waals surface area contributed by atoms with Gasteiger partial charge < -0.3 is 10.8 Å². The Hall–Kier alpha value is -2.99. The Morgan fingerprint density at radius 1 is 0.892 bits per heavy atom. The van der Waals surface area contributed by atoms with Crippen LogP contribution in [0.1, 0.15) is 19.3 Å². The molecule has 1 aliphatic rings. The van der Waals surface area contributed by atoms with Crippen LogP contribution in [0.3, 0.4) is 0 Å². The van der Waals surface area contributed by atoms with Gasteiger partial charge in [0.2, 0.25) is 11.8 Å². The first-order chi connectivity index (χ1) is 17.9. The summed E-state index contributed by atoms with van der Waals surface area (Å²) < 4.78 is 0. The molecule has 2 amide bonds. The van der Waals surface area contributed by atoms with Crippen LogP contribution in [0, 0.1) is 0 Å². The highest BCUT2D eigenvalue weighted by Crippen LogP contribution is 2.55. The van der Waals surface area contributed by atoms with Gasteiger partial charge in [0.25, 0.3) is 0 Å². The van der Waals surface area contributed by atoms with E-state index in [2.05, 4.69) is 72.8 Å². The van der Waals surface area contributed by atoms with E-state index in [0.717, 1.165) is 24.3 Å². The molecule has 0 spiro atoms. The van der Waals surface area contributed by atoms with Crippen molar-refractivity contribution in [3.05, 3.63) is 91.0 Å². The van der Waals surface area contributed by atoms with Crippen molar-refractivity contribution in [2.45, 2.75) is 30.6 Å². The van der Waals surface area contributed by atoms with Gasteiger partial charge in [-0.05, 0) is 49.2 Å². The third-order valence-electron chi connectivity index (χ3n) is 6.71. The Bertz CT molecular complexity index is 1110. The lowest BCUT2D eigenvalue weighted by Crippen LogP contribution is -2.35. The highest BCUT2D eigenvalue weighted by Gasteiger charge is 2.45. The Morgan fingerprint density at radius 2 is 1.38 bits per heavy atom. The maximum atomic E-state index is 12.9. The minimum absolute atomic E-state index is 0.102. The zero-order valence-electron chi connectivity index (χ0n) is 20.6. The van der Waals surface area contributed by atoms with Gasteiger partial charge >= 0.3 is 5.97 Å². The van der Waals surface area contributed by atoms with Crippen molar-refractivity contribution in [2.75, 3.05) is 18.5 Å². The number of hydrogen-bond acceptors (Lipinski definition) is 5. The highest BCUT2D eigenvalue weighted by atomic mass is 32.2. The van der Waals surface area contributed by atoms with Crippen molar-refractivity contribution in [1.29, 1.82) is 0 Å². The fourth-order valence-corrected chi connectivity index (χ4v) is 10.3. The SMILES string of the molecule is NC(CSC1CC(=O)N(CCCC[P+](c2ccccc2)(c2ccccc2)c2ccccc2)C1=O)C(=O)O. The van der Waals surface area contributed by atoms with Gasteiger partial charge in [-0.15, -0.1) is 11.8 Å². The van der Waals surface area contributed by atoms with Crippen molar-refractivity contribution in [3.8, 4) is 0 Å². The summed E-state index contributed by atoms with van der Waals surface area (Å²) in [5.41, 5.74) is 5.57. The predicted octanol–water partition coefficient (Wildman–Crippen LogP) is 3.03. The molecule has 0 radical (unpaired) electrons. The van der Waals surface area contributed by atoms with Gasteiger partial charge in [0.1, 0.15) is 29.2 Å². The smallest absolute Gasteiger partial charge is 0.321 e. The fraction of sp³-hybridized carbons (Fsp3) is 0.276. The van der Waals surface area contributed by atoms with E-state index in [1.807, 2.05) is 18.2 Å². The van der Waals surface area contributed by atoms with Crippen LogP contribution in [0.4, 0.5) is 0 Å². The minimum Gasteiger partial charge on any atom is -0.480 e. The maximum Gasteiger partial charge on any atom is 0.321 e. The maximum absolute atomic E-state index is 12.9. The number of rotatable bonds is 12. The molecule has 1 saturated heterocycles. The van der Waals surface area contributed by atoms with Crippen LogP contribution in [-0.2, 0) is 14.4 Å². The molecular weight excluding hydrogens is 503 g/mol. The lowest BCUT2D eigenvalue weighted by molar-refractivity contribution is -0.139. The van der Waals surface area contributed by atoms with E-state index in [9.17, 15) is 14.4 Å². The number of likely N-dealkylation sites (tertiary alicyclic amines) is 1. The fourth-order valence-electron chi connectivity index (χ4n) is 4.81. The Labute approximate surface area is 222 Å². The second-order valence-electron chi connectivity index (χ2n) is 9.10. The second kappa shape index (κ2) is 12.5. The molecule has 1 heterocycles. The molecule has 3 aromatic carbocycles. The summed E-state index contributed by atoms with van der Waals surface area (Å²) in [6, 6.07) is 30.9. The van der Waals surface area contributed by atoms with Gasteiger partial charge in [0, 0.05) is 18.7 Å². The summed E-state index contributed by atoms with van der Waals surface area (Å²) in [4.78, 5) is 37.8. The molecule has 4 rings (SSSR count). The van der Waals surface area contributed by atoms with E-state index in [1.54, 1.807) is 0 Å². The van der Waals surface area contributed by atoms with E-state index < -0.39 is 24.5 Å². The standard InChI is InChI=1S/C29H31N2O4PS/c30-25(29(34)35)21-37-26-20-27(32)31(28(26)33)18-10-11-19-36(22-12-4-1-5-13-22,23-14-6-2-7-15-23)24-16-8-3-9-17-24/h1-9,12-17,25-26H,10-11,18-21,30H2/p+1. The van der Waals surface area contributed by atoms with E-state index in [1.165, 1.54) is 20.8 Å². The van der Waals surface area contributed by atoms with Crippen LogP contribution in [0.25, 0.3) is 0 Å². The van der Waals surface area contributed by atoms with E-state index in [4.69, 9.17) is 10.8 Å². The molecule has 192 valence electrons. The predicted molar refractivity (Wildman–Crippen MR) is 152 cm³/mol. The van der Waals surface area contributed by atoms with E-state index in [0.29, 0.717) is 13.0 Å². The number of carboxylic acid groups (broad SMARTS) is 1. The number of carboxylic acids is 1. The van der Waals surface area contributed by atoms with Gasteiger partial charge in [0.05, 0.1) is 11.4 Å². The lowest BCUT2D eigenvalue weighted by Gasteiger charge is -2.28. The summed E-state index contributed by atoms with van der Waals surface area (Å²) in [6.07, 6.45) is 2.58. The first-order valence-electron chi connectivity index (χ1n) is 12.4. The first-order valence-corrected chi connectivity index (χ1v) is 15.4. The molecule has 0 aromatic heterocycles. The van der Waals surface area contributed by atoms with Crippen LogP contribution >= 0.6 is 19.0 Å². The van der Waals surface area contributed by atoms with Crippen LogP contribution in [-0.4, -0.2) is 57.5 Å². The minimum atomic E-state index is -1.95. The van der Waals surface area contributed by atoms with Crippen LogP contribution in [0.15, 0.2) is 91.0 Å². The zero-order chi connectivity index (χ0) is 26.3. The average molecular weight is 536 g/mol. The Morgan fingerprint density at radius 3 is 1.84 bits per heavy atom. The molecule has 0 aliphatic carbocycles. The topological polar surface area (TPSA) is 101 Å². The molecule has 8 heteroatoms. The number of imide groups is 1. The first kappa shape index (κ1) is 27.1. The molecule has 37 heavy (non-hydrogen) atoms. The summed E-state index contributed by atoms with van der Waals surface area (Å²) in [5.74, 6) is -1.43. The number of benzene rings is 3. The molecule has 0 saturated carbocycles. The summed E-state index contributed by atoms with van der Waals surface area (Å²) >= 11 is 1.16. The normalized spacial score (nSPS) is 16.7. The van der Waals surface area contributed by atoms with Gasteiger partial charge in [0.15, 0.2) is 0 Å². The van der Waals surface area contributed by atoms with Crippen LogP contribution < -0.4 is 21.6 Å². The van der Waals surface area contributed by atoms with E-state index >= 15 is 0 Å². The number of carbonyl (C=O) groups excluding carboxylic acids is 2. The summed E-state index contributed by atoms with van der Waals surface area (Å²) in [7, 11) is -1.95. The number of unbranched alkanes of at least 4 members (excludes halogenated alkanes) is 1. The number of amides is 2. The third-order valence-corrected chi connectivity index (χ3v) is 12.6. The Kier molecular flexibility index (Phi) is 9.14. The summed E-state index contributed by atoms with van der Waals surface area (Å²) in [6.45, 7) is 0.373. The van der Waals surface area contributed by atoms with Crippen LogP contribution in [0.2, 0.25) is 0 Å². The number of nitrogens with zero attached hydrogens (tertiary/aromatic N) is 1. The quantitative estimate of drug-likeness (QED) is 0.210. The third kappa shape index (κ3) is 6.12. The molecule has 0 bridgehead atoms. The number of thioether (sulfide) groups is 1. The Balaban J connectivity index is 1.49. The molecule has 3 N–H and O–H groups in total. The second-order valence-corrected chi connectivity index (χ2v) is 14.0. The number of aliphatic carboxylic acids is 1. The number of carbonyl (C=O) groups is 3. The monoisotopic (exact) mass is 535 g/mol. The van der Waals surface area contributed by atoms with Crippen molar-refractivity contribution < 1.29 is 19.5 Å². The molecular formula is C29H32N2O4PS+. The highest BCUT2D eigenvalue weighted by molar-refractivity contribution is 8.00. The number of nitrogens with two attached hydrogens (primary N) is 1. The average Bonchev–Trinajstić information content (AvgIpc) is 3.20. The number of hydrogen-bond donors (Lipinski definition) is 2. The van der Waals surface area contributed by atoms with Gasteiger partial charge in [-0.2, -0.15) is 0 Å². The molecule has 1 fully saturated rings. The van der Waals surface area contributed by atoms with Gasteiger partial charge in [-0.1, -0.05) is 54.6 Å². The van der Waals surface area contributed by atoms with Gasteiger partial charge in [-0.25, -0.2) is 0 Å². The molecule has 3 aromatic rings. The lowest BCUT2D eigenvalue weighted by atomic mass is 10.3. The van der Waals surface area contributed by atoms with Gasteiger partial charge in [-0.3, -0.25) is 19.3 Å². The van der Waals surface area contributed by atoms with Crippen molar-refractivity contribution >= 4 is 52.7 Å². The van der Waals surface area contributed by atoms with Crippen LogP contribution in [0.5, 0.6) is 0 Å². The van der Waals surface area contributed by atoms with Crippen molar-refractivity contribution in [2.24, 2.45) is 5.73 Å². The molecule has 2 atom stereocenters. The molecule has 1 aliphatic heterocycles. The molecule has 6 nitrogen and oxygen atoms in total. The summed E-state index contributed by atoms with van der Waals surface area (Å²) in [5, 5.41) is 12.4. The largest absolute Gasteiger partial charge is 0.480 e. The van der Waals surface area contributed by atoms with E-state index in [-0.39, 0.29) is 24.0 Å². The zero-order valence-corrected chi connectivity index (χ0v) is 22.3.